The summed E-state index contributed by atoms with van der Waals surface area (Å²) in [5.41, 5.74) is 2.46. The van der Waals surface area contributed by atoms with Gasteiger partial charge in [0, 0.05) is 6.54 Å². The second-order valence-corrected chi connectivity index (χ2v) is 5.63. The molecule has 0 aliphatic rings. The van der Waals surface area contributed by atoms with E-state index in [-0.39, 0.29) is 18.1 Å². The number of hydrogen-bond acceptors (Lipinski definition) is 2. The number of hydrogen-bond donors (Lipinski definition) is 0. The van der Waals surface area contributed by atoms with Gasteiger partial charge in [0.05, 0.1) is 19.2 Å². The van der Waals surface area contributed by atoms with Crippen molar-refractivity contribution in [2.75, 3.05) is 13.2 Å². The third kappa shape index (κ3) is 5.92. The number of rotatable bonds is 9. The average molecular weight is 339 g/mol. The molecule has 0 aliphatic heterocycles. The van der Waals surface area contributed by atoms with Crippen molar-refractivity contribution < 1.29 is 13.9 Å². The Morgan fingerprint density at radius 3 is 2.44 bits per heavy atom. The van der Waals surface area contributed by atoms with Crippen molar-refractivity contribution >= 4 is 11.5 Å². The second kappa shape index (κ2) is 9.42. The summed E-state index contributed by atoms with van der Waals surface area (Å²) < 4.78 is 18.2. The van der Waals surface area contributed by atoms with E-state index in [4.69, 9.17) is 4.74 Å². The first-order chi connectivity index (χ1) is 12.1. The molecule has 0 bridgehead atoms. The topological polar surface area (TPSA) is 29.5 Å². The number of halogens is 1. The molecule has 0 N–H and O–H groups in total. The number of amides is 1. The van der Waals surface area contributed by atoms with Gasteiger partial charge in [-0.25, -0.2) is 4.39 Å². The maximum absolute atomic E-state index is 13.0. The molecule has 0 radical (unpaired) electrons. The van der Waals surface area contributed by atoms with Gasteiger partial charge in [0.25, 0.3) is 0 Å². The molecule has 0 aliphatic carbocycles. The fraction of sp³-hybridized carbons (Fsp3) is 0.190. The minimum Gasteiger partial charge on any atom is -0.500 e. The molecule has 2 aromatic carbocycles. The number of carbonyl (C=O) groups excluding carboxylic acids is 1. The minimum absolute atomic E-state index is 0.0501. The van der Waals surface area contributed by atoms with Crippen LogP contribution in [0.5, 0.6) is 0 Å². The number of benzene rings is 2. The summed E-state index contributed by atoms with van der Waals surface area (Å²) in [6.07, 6.45) is 1.54. The van der Waals surface area contributed by atoms with E-state index in [0.29, 0.717) is 25.3 Å². The highest BCUT2D eigenvalue weighted by atomic mass is 19.1. The standard InChI is InChI=1S/C21H22FNO2/c1-3-25-14-13-23(16-18-7-5-4-6-8-18)21(24)15-17(2)19-9-11-20(22)12-10-19/h3-12H,1-2,13-16H2. The van der Waals surface area contributed by atoms with Crippen LogP contribution >= 0.6 is 0 Å². The zero-order chi connectivity index (χ0) is 18.1. The van der Waals surface area contributed by atoms with E-state index < -0.39 is 0 Å². The fourth-order valence-electron chi connectivity index (χ4n) is 2.42. The zero-order valence-corrected chi connectivity index (χ0v) is 14.2. The normalized spacial score (nSPS) is 10.1. The largest absolute Gasteiger partial charge is 0.500 e. The molecule has 1 amide bonds. The third-order valence-electron chi connectivity index (χ3n) is 3.78. The molecule has 130 valence electrons. The van der Waals surface area contributed by atoms with Gasteiger partial charge in [0.15, 0.2) is 0 Å². The summed E-state index contributed by atoms with van der Waals surface area (Å²) in [5.74, 6) is -0.360. The average Bonchev–Trinajstić information content (AvgIpc) is 2.62. The van der Waals surface area contributed by atoms with Gasteiger partial charge in [-0.1, -0.05) is 55.6 Å². The van der Waals surface area contributed by atoms with Gasteiger partial charge in [-0.05, 0) is 28.8 Å². The number of ether oxygens (including phenoxy) is 1. The summed E-state index contributed by atoms with van der Waals surface area (Å²) in [4.78, 5) is 14.4. The van der Waals surface area contributed by atoms with Crippen LogP contribution in [0, 0.1) is 5.82 Å². The lowest BCUT2D eigenvalue weighted by Crippen LogP contribution is -2.33. The van der Waals surface area contributed by atoms with E-state index in [1.54, 1.807) is 17.0 Å². The van der Waals surface area contributed by atoms with Crippen LogP contribution in [0.1, 0.15) is 17.5 Å². The smallest absolute Gasteiger partial charge is 0.227 e. The van der Waals surface area contributed by atoms with Gasteiger partial charge in [-0.3, -0.25) is 4.79 Å². The Balaban J connectivity index is 2.03. The van der Waals surface area contributed by atoms with Crippen molar-refractivity contribution in [3.63, 3.8) is 0 Å². The molecule has 0 heterocycles. The Hall–Kier alpha value is -2.88. The lowest BCUT2D eigenvalue weighted by molar-refractivity contribution is -0.131. The molecule has 0 fully saturated rings. The first-order valence-corrected chi connectivity index (χ1v) is 8.08. The molecule has 0 saturated heterocycles. The van der Waals surface area contributed by atoms with Crippen LogP contribution in [-0.4, -0.2) is 24.0 Å². The number of nitrogens with zero attached hydrogens (tertiary/aromatic N) is 1. The minimum atomic E-state index is -0.310. The lowest BCUT2D eigenvalue weighted by atomic mass is 10.0. The summed E-state index contributed by atoms with van der Waals surface area (Å²) >= 11 is 0. The van der Waals surface area contributed by atoms with Crippen LogP contribution in [0.15, 0.2) is 74.0 Å². The Labute approximate surface area is 148 Å². The van der Waals surface area contributed by atoms with E-state index >= 15 is 0 Å². The van der Waals surface area contributed by atoms with Crippen LogP contribution in [0.2, 0.25) is 0 Å². The van der Waals surface area contributed by atoms with E-state index in [1.807, 2.05) is 30.3 Å². The molecule has 3 nitrogen and oxygen atoms in total. The van der Waals surface area contributed by atoms with Crippen LogP contribution in [-0.2, 0) is 16.1 Å². The quantitative estimate of drug-likeness (QED) is 0.500. The van der Waals surface area contributed by atoms with Crippen molar-refractivity contribution in [1.29, 1.82) is 0 Å². The molecular formula is C21H22FNO2. The predicted octanol–water partition coefficient (Wildman–Crippen LogP) is 4.42. The molecule has 0 spiro atoms. The van der Waals surface area contributed by atoms with Crippen LogP contribution in [0.4, 0.5) is 4.39 Å². The van der Waals surface area contributed by atoms with Crippen molar-refractivity contribution in [3.05, 3.63) is 91.0 Å². The SMILES string of the molecule is C=COCCN(Cc1ccccc1)C(=O)CC(=C)c1ccc(F)cc1. The molecule has 0 atom stereocenters. The highest BCUT2D eigenvalue weighted by molar-refractivity contribution is 5.88. The molecular weight excluding hydrogens is 317 g/mol. The van der Waals surface area contributed by atoms with Gasteiger partial charge in [-0.15, -0.1) is 0 Å². The first kappa shape index (κ1) is 18.5. The Morgan fingerprint density at radius 2 is 1.80 bits per heavy atom. The van der Waals surface area contributed by atoms with Gasteiger partial charge < -0.3 is 9.64 Å². The van der Waals surface area contributed by atoms with Crippen LogP contribution in [0.3, 0.4) is 0 Å². The molecule has 0 unspecified atom stereocenters. The van der Waals surface area contributed by atoms with Crippen LogP contribution in [0.25, 0.3) is 5.57 Å². The Morgan fingerprint density at radius 1 is 1.12 bits per heavy atom. The van der Waals surface area contributed by atoms with E-state index in [1.165, 1.54) is 18.4 Å². The van der Waals surface area contributed by atoms with E-state index in [2.05, 4.69) is 13.2 Å². The summed E-state index contributed by atoms with van der Waals surface area (Å²) in [5, 5.41) is 0. The maximum atomic E-state index is 13.0. The maximum Gasteiger partial charge on any atom is 0.227 e. The molecule has 4 heteroatoms. The van der Waals surface area contributed by atoms with Crippen LogP contribution < -0.4 is 0 Å². The molecule has 2 aromatic rings. The lowest BCUT2D eigenvalue weighted by Gasteiger charge is -2.23. The first-order valence-electron chi connectivity index (χ1n) is 8.08. The van der Waals surface area contributed by atoms with Crippen molar-refractivity contribution in [1.82, 2.24) is 4.90 Å². The zero-order valence-electron chi connectivity index (χ0n) is 14.2. The third-order valence-corrected chi connectivity index (χ3v) is 3.78. The Kier molecular flexibility index (Phi) is 6.96. The number of carbonyl (C=O) groups is 1. The summed E-state index contributed by atoms with van der Waals surface area (Å²) in [6, 6.07) is 15.8. The molecule has 0 saturated carbocycles. The van der Waals surface area contributed by atoms with Gasteiger partial charge in [-0.2, -0.15) is 0 Å². The van der Waals surface area contributed by atoms with Crippen molar-refractivity contribution in [3.8, 4) is 0 Å². The van der Waals surface area contributed by atoms with E-state index in [0.717, 1.165) is 11.1 Å². The predicted molar refractivity (Wildman–Crippen MR) is 98.1 cm³/mol. The molecule has 0 aromatic heterocycles. The molecule has 25 heavy (non-hydrogen) atoms. The monoisotopic (exact) mass is 339 g/mol. The highest BCUT2D eigenvalue weighted by Crippen LogP contribution is 2.18. The van der Waals surface area contributed by atoms with Gasteiger partial charge in [0.2, 0.25) is 5.91 Å². The fourth-order valence-corrected chi connectivity index (χ4v) is 2.42. The summed E-state index contributed by atoms with van der Waals surface area (Å²) in [6.45, 7) is 8.81. The van der Waals surface area contributed by atoms with E-state index in [9.17, 15) is 9.18 Å². The van der Waals surface area contributed by atoms with Crippen molar-refractivity contribution in [2.24, 2.45) is 0 Å². The second-order valence-electron chi connectivity index (χ2n) is 5.63. The van der Waals surface area contributed by atoms with Gasteiger partial charge >= 0.3 is 0 Å². The summed E-state index contributed by atoms with van der Waals surface area (Å²) in [7, 11) is 0. The van der Waals surface area contributed by atoms with Gasteiger partial charge in [0.1, 0.15) is 12.4 Å². The highest BCUT2D eigenvalue weighted by Gasteiger charge is 2.16. The Bertz CT molecular complexity index is 710. The molecule has 2 rings (SSSR count). The van der Waals surface area contributed by atoms with Crippen molar-refractivity contribution in [2.45, 2.75) is 13.0 Å².